The van der Waals surface area contributed by atoms with Gasteiger partial charge in [-0.2, -0.15) is 0 Å². The van der Waals surface area contributed by atoms with Gasteiger partial charge in [0.1, 0.15) is 12.7 Å². The van der Waals surface area contributed by atoms with Crippen LogP contribution >= 0.6 is 0 Å². The van der Waals surface area contributed by atoms with Crippen molar-refractivity contribution in [3.8, 4) is 0 Å². The number of hydrogen-bond acceptors (Lipinski definition) is 8. The molecule has 40 heavy (non-hydrogen) atoms. The maximum atomic E-state index is 13.2. The smallest absolute Gasteiger partial charge is 0.338 e. The monoisotopic (exact) mass is 574 g/mol. The van der Waals surface area contributed by atoms with Crippen LogP contribution in [0.4, 0.5) is 0 Å². The molecule has 1 fully saturated rings. The highest BCUT2D eigenvalue weighted by Gasteiger charge is 2.66. The lowest BCUT2D eigenvalue weighted by atomic mass is 9.57. The molecule has 0 saturated heterocycles. The number of carbonyl (C=O) groups is 3. The SMILES string of the molecule is CC(=O)O[C@@H]1[C@H](OC(C)=O)C[C@](COC(=O)c2ccccc2)([C@]2(C)C=CC(C)(O)CC2)[C@H]1O[Si](C)(C)C(C)(C)C. The Morgan fingerprint density at radius 3 is 2.08 bits per heavy atom. The molecule has 1 saturated carbocycles. The zero-order chi connectivity index (χ0) is 30.1. The van der Waals surface area contributed by atoms with Crippen LogP contribution in [0.3, 0.4) is 0 Å². The summed E-state index contributed by atoms with van der Waals surface area (Å²) in [4.78, 5) is 37.9. The van der Waals surface area contributed by atoms with E-state index in [0.717, 1.165) is 0 Å². The van der Waals surface area contributed by atoms with Gasteiger partial charge in [-0.3, -0.25) is 9.59 Å². The standard InChI is InChI=1S/C31H46O8Si/c1-21(32)37-24-19-31(29(6)15-17-30(7,35)18-16-29,20-36-27(34)23-13-11-10-12-14-23)26(25(24)38-22(2)33)39-40(8,9)28(3,4)5/h10-15,17,24-26,35H,16,18-20H2,1-9H3/t24-,25-,26+,29-,30?,31-/m1/s1. The first-order valence-corrected chi connectivity index (χ1v) is 16.9. The molecule has 1 aromatic rings. The second kappa shape index (κ2) is 11.4. The molecule has 0 aromatic heterocycles. The molecule has 0 amide bonds. The molecule has 0 radical (unpaired) electrons. The minimum absolute atomic E-state index is 0.0570. The van der Waals surface area contributed by atoms with E-state index in [0.29, 0.717) is 18.4 Å². The fraction of sp³-hybridized carbons (Fsp3) is 0.645. The highest BCUT2D eigenvalue weighted by Crippen LogP contribution is 2.60. The predicted octanol–water partition coefficient (Wildman–Crippen LogP) is 5.59. The van der Waals surface area contributed by atoms with Crippen molar-refractivity contribution >= 4 is 26.2 Å². The Balaban J connectivity index is 2.20. The zero-order valence-electron chi connectivity index (χ0n) is 25.4. The Bertz CT molecular complexity index is 1120. The fourth-order valence-electron chi connectivity index (χ4n) is 5.60. The van der Waals surface area contributed by atoms with Crippen LogP contribution in [-0.4, -0.2) is 61.9 Å². The molecule has 2 aliphatic rings. The Morgan fingerprint density at radius 2 is 1.57 bits per heavy atom. The number of carbonyl (C=O) groups excluding carboxylic acids is 3. The summed E-state index contributed by atoms with van der Waals surface area (Å²) in [5.74, 6) is -1.51. The number of rotatable bonds is 8. The molecule has 8 nitrogen and oxygen atoms in total. The average Bonchev–Trinajstić information content (AvgIpc) is 3.11. The van der Waals surface area contributed by atoms with E-state index in [1.54, 1.807) is 37.3 Å². The normalized spacial score (nSPS) is 32.4. The third-order valence-corrected chi connectivity index (χ3v) is 13.6. The predicted molar refractivity (Wildman–Crippen MR) is 154 cm³/mol. The second-order valence-electron chi connectivity index (χ2n) is 13.4. The highest BCUT2D eigenvalue weighted by molar-refractivity contribution is 6.74. The average molecular weight is 575 g/mol. The van der Waals surface area contributed by atoms with Crippen molar-refractivity contribution in [2.24, 2.45) is 10.8 Å². The second-order valence-corrected chi connectivity index (χ2v) is 18.2. The van der Waals surface area contributed by atoms with Crippen LogP contribution in [0.2, 0.25) is 18.1 Å². The molecule has 9 heteroatoms. The van der Waals surface area contributed by atoms with E-state index >= 15 is 0 Å². The van der Waals surface area contributed by atoms with Crippen LogP contribution in [0.1, 0.15) is 78.1 Å². The number of benzene rings is 1. The molecule has 0 spiro atoms. The molecule has 2 aliphatic carbocycles. The van der Waals surface area contributed by atoms with Crippen LogP contribution in [0, 0.1) is 10.8 Å². The summed E-state index contributed by atoms with van der Waals surface area (Å²) >= 11 is 0. The van der Waals surface area contributed by atoms with Gasteiger partial charge in [0, 0.05) is 25.7 Å². The van der Waals surface area contributed by atoms with Crippen molar-refractivity contribution in [2.75, 3.05) is 6.61 Å². The van der Waals surface area contributed by atoms with Crippen LogP contribution in [0.15, 0.2) is 42.5 Å². The number of ether oxygens (including phenoxy) is 3. The van der Waals surface area contributed by atoms with Crippen LogP contribution < -0.4 is 0 Å². The minimum atomic E-state index is -2.51. The molecule has 0 aliphatic heterocycles. The van der Waals surface area contributed by atoms with Crippen LogP contribution in [0.25, 0.3) is 0 Å². The maximum Gasteiger partial charge on any atom is 0.338 e. The lowest BCUT2D eigenvalue weighted by Crippen LogP contribution is -2.58. The minimum Gasteiger partial charge on any atom is -0.461 e. The number of esters is 3. The van der Waals surface area contributed by atoms with Crippen molar-refractivity contribution in [1.29, 1.82) is 0 Å². The molecule has 222 valence electrons. The summed E-state index contributed by atoms with van der Waals surface area (Å²) in [6, 6.07) is 8.75. The summed E-state index contributed by atoms with van der Waals surface area (Å²) in [5, 5.41) is 10.6. The first-order valence-electron chi connectivity index (χ1n) is 14.0. The lowest BCUT2D eigenvalue weighted by molar-refractivity contribution is -0.169. The zero-order valence-corrected chi connectivity index (χ0v) is 26.4. The summed E-state index contributed by atoms with van der Waals surface area (Å²) in [7, 11) is -2.51. The van der Waals surface area contributed by atoms with E-state index in [9.17, 15) is 19.5 Å². The van der Waals surface area contributed by atoms with E-state index in [2.05, 4.69) is 40.8 Å². The first-order chi connectivity index (χ1) is 18.3. The van der Waals surface area contributed by atoms with Crippen LogP contribution in [-0.2, 0) is 28.2 Å². The van der Waals surface area contributed by atoms with E-state index in [4.69, 9.17) is 18.6 Å². The molecule has 0 bridgehead atoms. The Morgan fingerprint density at radius 1 is 0.975 bits per heavy atom. The van der Waals surface area contributed by atoms with Crippen LogP contribution in [0.5, 0.6) is 0 Å². The number of aliphatic hydroxyl groups is 1. The van der Waals surface area contributed by atoms with Crippen molar-refractivity contribution in [2.45, 2.75) is 110 Å². The van der Waals surface area contributed by atoms with Gasteiger partial charge in [0.05, 0.1) is 17.3 Å². The van der Waals surface area contributed by atoms with Gasteiger partial charge in [0.25, 0.3) is 0 Å². The fourth-order valence-corrected chi connectivity index (χ4v) is 6.95. The third kappa shape index (κ3) is 6.69. The third-order valence-electron chi connectivity index (χ3n) is 9.19. The van der Waals surface area contributed by atoms with Crippen molar-refractivity contribution in [3.05, 3.63) is 48.0 Å². The van der Waals surface area contributed by atoms with Gasteiger partial charge in [0.2, 0.25) is 0 Å². The molecule has 1 unspecified atom stereocenters. The lowest BCUT2D eigenvalue weighted by Gasteiger charge is -2.53. The van der Waals surface area contributed by atoms with E-state index < -0.39 is 61.0 Å². The molecule has 3 rings (SSSR count). The van der Waals surface area contributed by atoms with Gasteiger partial charge in [-0.25, -0.2) is 4.79 Å². The topological polar surface area (TPSA) is 108 Å². The summed E-state index contributed by atoms with van der Waals surface area (Å²) < 4.78 is 24.8. The van der Waals surface area contributed by atoms with Gasteiger partial charge >= 0.3 is 17.9 Å². The quantitative estimate of drug-likeness (QED) is 0.185. The molecule has 0 heterocycles. The summed E-state index contributed by atoms with van der Waals surface area (Å²) in [6.07, 6.45) is 2.56. The highest BCUT2D eigenvalue weighted by atomic mass is 28.4. The summed E-state index contributed by atoms with van der Waals surface area (Å²) in [5.41, 5.74) is -2.18. The summed E-state index contributed by atoms with van der Waals surface area (Å²) in [6.45, 7) is 17.0. The van der Waals surface area contributed by atoms with Gasteiger partial charge in [0.15, 0.2) is 14.4 Å². The maximum absolute atomic E-state index is 13.2. The molecule has 1 N–H and O–H groups in total. The van der Waals surface area contributed by atoms with Crippen molar-refractivity contribution < 1.29 is 38.1 Å². The van der Waals surface area contributed by atoms with Crippen molar-refractivity contribution in [3.63, 3.8) is 0 Å². The Hall–Kier alpha value is -2.49. The van der Waals surface area contributed by atoms with Crippen molar-refractivity contribution in [1.82, 2.24) is 0 Å². The van der Waals surface area contributed by atoms with Gasteiger partial charge in [-0.1, -0.05) is 58.0 Å². The van der Waals surface area contributed by atoms with Gasteiger partial charge in [-0.05, 0) is 55.4 Å². The van der Waals surface area contributed by atoms with Gasteiger partial charge < -0.3 is 23.7 Å². The number of allylic oxidation sites excluding steroid dienone is 1. The molecule has 6 atom stereocenters. The molecule has 1 aromatic carbocycles. The van der Waals surface area contributed by atoms with E-state index in [1.165, 1.54) is 13.8 Å². The van der Waals surface area contributed by atoms with E-state index in [-0.39, 0.29) is 18.1 Å². The van der Waals surface area contributed by atoms with E-state index in [1.807, 2.05) is 12.1 Å². The first kappa shape index (κ1) is 32.0. The Kier molecular flexibility index (Phi) is 9.14. The number of hydrogen-bond donors (Lipinski definition) is 1. The Labute approximate surface area is 239 Å². The largest absolute Gasteiger partial charge is 0.461 e. The molecular formula is C31H46O8Si. The molecular weight excluding hydrogens is 528 g/mol. The van der Waals surface area contributed by atoms with Gasteiger partial charge in [-0.15, -0.1) is 0 Å².